The molecule has 0 bridgehead atoms. The molecule has 0 heterocycles. The molecule has 0 atom stereocenters. The number of hydrogen-bond donors (Lipinski definition) is 1. The predicted octanol–water partition coefficient (Wildman–Crippen LogP) is 3.22. The highest BCUT2D eigenvalue weighted by molar-refractivity contribution is 5.96. The second kappa shape index (κ2) is 6.05. The zero-order valence-corrected chi connectivity index (χ0v) is 10.8. The van der Waals surface area contributed by atoms with Crippen LogP contribution < -0.4 is 4.74 Å². The molecule has 0 aromatic heterocycles. The van der Waals surface area contributed by atoms with Crippen LogP contribution in [0.2, 0.25) is 0 Å². The molecule has 19 heavy (non-hydrogen) atoms. The number of methoxy groups -OCH3 is 1. The molecule has 2 rings (SSSR count). The molecule has 3 heteroatoms. The molecule has 3 nitrogen and oxygen atoms in total. The van der Waals surface area contributed by atoms with Gasteiger partial charge in [-0.1, -0.05) is 42.5 Å². The lowest BCUT2D eigenvalue weighted by Crippen LogP contribution is -2.01. The lowest BCUT2D eigenvalue weighted by molar-refractivity contribution is 0.0982. The van der Waals surface area contributed by atoms with Gasteiger partial charge in [-0.15, -0.1) is 0 Å². The van der Waals surface area contributed by atoms with Crippen LogP contribution in [0.5, 0.6) is 11.5 Å². The highest BCUT2D eigenvalue weighted by Crippen LogP contribution is 2.30. The zero-order chi connectivity index (χ0) is 13.7. The second-order valence-electron chi connectivity index (χ2n) is 4.26. The Labute approximate surface area is 112 Å². The molecular weight excluding hydrogens is 240 g/mol. The second-order valence-corrected chi connectivity index (χ2v) is 4.26. The van der Waals surface area contributed by atoms with Crippen LogP contribution in [0.25, 0.3) is 0 Å². The predicted molar refractivity (Wildman–Crippen MR) is 73.8 cm³/mol. The first-order valence-corrected chi connectivity index (χ1v) is 6.15. The fraction of sp³-hybridized carbons (Fsp3) is 0.188. The lowest BCUT2D eigenvalue weighted by atomic mass is 10.0. The smallest absolute Gasteiger partial charge is 0.163 e. The van der Waals surface area contributed by atoms with Gasteiger partial charge in [0.25, 0.3) is 0 Å². The number of rotatable bonds is 5. The maximum Gasteiger partial charge on any atom is 0.163 e. The van der Waals surface area contributed by atoms with Gasteiger partial charge in [0.2, 0.25) is 0 Å². The van der Waals surface area contributed by atoms with E-state index >= 15 is 0 Å². The fourth-order valence-electron chi connectivity index (χ4n) is 1.95. The van der Waals surface area contributed by atoms with E-state index in [-0.39, 0.29) is 11.5 Å². The first-order chi connectivity index (χ1) is 9.22. The number of ketones is 1. The number of ether oxygens (including phenoxy) is 1. The SMILES string of the molecule is COc1cccc(CCC(=O)c2ccccc2)c1O. The van der Waals surface area contributed by atoms with Crippen molar-refractivity contribution in [1.82, 2.24) is 0 Å². The average molecular weight is 256 g/mol. The highest BCUT2D eigenvalue weighted by atomic mass is 16.5. The molecule has 0 radical (unpaired) electrons. The summed E-state index contributed by atoms with van der Waals surface area (Å²) in [5.41, 5.74) is 1.42. The van der Waals surface area contributed by atoms with E-state index in [1.165, 1.54) is 7.11 Å². The third kappa shape index (κ3) is 3.13. The highest BCUT2D eigenvalue weighted by Gasteiger charge is 2.10. The van der Waals surface area contributed by atoms with E-state index in [2.05, 4.69) is 0 Å². The van der Waals surface area contributed by atoms with Crippen molar-refractivity contribution in [3.8, 4) is 11.5 Å². The molecule has 0 saturated heterocycles. The topological polar surface area (TPSA) is 46.5 Å². The monoisotopic (exact) mass is 256 g/mol. The number of benzene rings is 2. The standard InChI is InChI=1S/C16H16O3/c1-19-15-9-5-8-13(16(15)18)10-11-14(17)12-6-3-2-4-7-12/h2-9,18H,10-11H2,1H3. The normalized spacial score (nSPS) is 10.2. The van der Waals surface area contributed by atoms with Gasteiger partial charge in [0.1, 0.15) is 0 Å². The molecule has 0 spiro atoms. The first kappa shape index (κ1) is 13.1. The number of aromatic hydroxyl groups is 1. The Morgan fingerprint density at radius 2 is 1.84 bits per heavy atom. The summed E-state index contributed by atoms with van der Waals surface area (Å²) in [6, 6.07) is 14.5. The van der Waals surface area contributed by atoms with Crippen LogP contribution in [0.3, 0.4) is 0 Å². The van der Waals surface area contributed by atoms with Crippen molar-refractivity contribution < 1.29 is 14.6 Å². The Morgan fingerprint density at radius 1 is 1.11 bits per heavy atom. The minimum absolute atomic E-state index is 0.0721. The van der Waals surface area contributed by atoms with E-state index in [0.717, 1.165) is 5.56 Å². The van der Waals surface area contributed by atoms with Gasteiger partial charge in [-0.2, -0.15) is 0 Å². The van der Waals surface area contributed by atoms with Gasteiger partial charge in [-0.25, -0.2) is 0 Å². The van der Waals surface area contributed by atoms with E-state index in [1.54, 1.807) is 30.3 Å². The number of carbonyl (C=O) groups is 1. The van der Waals surface area contributed by atoms with Gasteiger partial charge in [-0.3, -0.25) is 4.79 Å². The molecule has 0 unspecified atom stereocenters. The minimum atomic E-state index is 0.0721. The van der Waals surface area contributed by atoms with Crippen LogP contribution in [-0.2, 0) is 6.42 Å². The van der Waals surface area contributed by atoms with Crippen LogP contribution in [-0.4, -0.2) is 18.0 Å². The van der Waals surface area contributed by atoms with Crippen molar-refractivity contribution in [2.24, 2.45) is 0 Å². The fourth-order valence-corrected chi connectivity index (χ4v) is 1.95. The summed E-state index contributed by atoms with van der Waals surface area (Å²) < 4.78 is 5.04. The Balaban J connectivity index is 2.05. The number of carbonyl (C=O) groups excluding carboxylic acids is 1. The quantitative estimate of drug-likeness (QED) is 0.835. The minimum Gasteiger partial charge on any atom is -0.504 e. The van der Waals surface area contributed by atoms with E-state index in [4.69, 9.17) is 4.74 Å². The summed E-state index contributed by atoms with van der Waals surface area (Å²) in [7, 11) is 1.51. The van der Waals surface area contributed by atoms with E-state index in [9.17, 15) is 9.90 Å². The Bertz CT molecular complexity index is 561. The molecule has 2 aromatic rings. The maximum absolute atomic E-state index is 12.0. The molecule has 1 N–H and O–H groups in total. The molecule has 0 amide bonds. The van der Waals surface area contributed by atoms with Crippen LogP contribution in [0.15, 0.2) is 48.5 Å². The number of phenolic OH excluding ortho intramolecular Hbond substituents is 1. The number of Topliss-reactive ketones (excluding diaryl/α,β-unsaturated/α-hetero) is 1. The van der Waals surface area contributed by atoms with Gasteiger partial charge in [0.15, 0.2) is 17.3 Å². The van der Waals surface area contributed by atoms with Gasteiger partial charge in [0.05, 0.1) is 7.11 Å². The van der Waals surface area contributed by atoms with Crippen molar-refractivity contribution in [3.05, 3.63) is 59.7 Å². The summed E-state index contributed by atoms with van der Waals surface area (Å²) >= 11 is 0. The Kier molecular flexibility index (Phi) is 4.18. The summed E-state index contributed by atoms with van der Waals surface area (Å²) in [5, 5.41) is 9.94. The molecule has 0 fully saturated rings. The van der Waals surface area contributed by atoms with Crippen molar-refractivity contribution in [2.45, 2.75) is 12.8 Å². The summed E-state index contributed by atoms with van der Waals surface area (Å²) in [6.45, 7) is 0. The number of aryl methyl sites for hydroxylation is 1. The van der Waals surface area contributed by atoms with Crippen molar-refractivity contribution in [1.29, 1.82) is 0 Å². The first-order valence-electron chi connectivity index (χ1n) is 6.15. The van der Waals surface area contributed by atoms with Crippen molar-refractivity contribution >= 4 is 5.78 Å². The van der Waals surface area contributed by atoms with Gasteiger partial charge < -0.3 is 9.84 Å². The maximum atomic E-state index is 12.0. The van der Waals surface area contributed by atoms with Gasteiger partial charge >= 0.3 is 0 Å². The zero-order valence-electron chi connectivity index (χ0n) is 10.8. The molecular formula is C16H16O3. The Hall–Kier alpha value is -2.29. The Morgan fingerprint density at radius 3 is 2.53 bits per heavy atom. The summed E-state index contributed by atoms with van der Waals surface area (Å²) in [4.78, 5) is 12.0. The number of phenols is 1. The molecule has 0 aliphatic rings. The molecule has 0 aliphatic carbocycles. The number of hydrogen-bond acceptors (Lipinski definition) is 3. The third-order valence-corrected chi connectivity index (χ3v) is 3.02. The average Bonchev–Trinajstić information content (AvgIpc) is 2.47. The van der Waals surface area contributed by atoms with Gasteiger partial charge in [0, 0.05) is 12.0 Å². The molecule has 2 aromatic carbocycles. The molecule has 0 aliphatic heterocycles. The van der Waals surface area contributed by atoms with Crippen LogP contribution >= 0.6 is 0 Å². The third-order valence-electron chi connectivity index (χ3n) is 3.02. The summed E-state index contributed by atoms with van der Waals surface area (Å²) in [5.74, 6) is 0.623. The van der Waals surface area contributed by atoms with Crippen LogP contribution in [0.4, 0.5) is 0 Å². The van der Waals surface area contributed by atoms with Crippen molar-refractivity contribution in [3.63, 3.8) is 0 Å². The van der Waals surface area contributed by atoms with E-state index in [0.29, 0.717) is 24.2 Å². The molecule has 0 saturated carbocycles. The summed E-state index contributed by atoms with van der Waals surface area (Å²) in [6.07, 6.45) is 0.863. The van der Waals surface area contributed by atoms with E-state index in [1.807, 2.05) is 18.2 Å². The van der Waals surface area contributed by atoms with Gasteiger partial charge in [-0.05, 0) is 18.1 Å². The van der Waals surface area contributed by atoms with Crippen LogP contribution in [0.1, 0.15) is 22.3 Å². The lowest BCUT2D eigenvalue weighted by Gasteiger charge is -2.08. The van der Waals surface area contributed by atoms with E-state index < -0.39 is 0 Å². The largest absolute Gasteiger partial charge is 0.504 e. The van der Waals surface area contributed by atoms with Crippen molar-refractivity contribution in [2.75, 3.05) is 7.11 Å². The number of para-hydroxylation sites is 1. The van der Waals surface area contributed by atoms with Crippen LogP contribution in [0, 0.1) is 0 Å². The molecule has 98 valence electrons.